The highest BCUT2D eigenvalue weighted by Gasteiger charge is 2.19. The molecule has 7 heteroatoms. The van der Waals surface area contributed by atoms with E-state index in [9.17, 15) is 4.79 Å². The standard InChI is InChI=1S/C14H17N4O2S/c1-20-14-8-15-13(21-14)7-12(19)16-11-6-10(17-18-11)9-4-2-3-5-9/h2,6,8-9H,3-5,7H2,1H3,(H2,16,17,18,19)/t9-/m0/s1. The fourth-order valence-electron chi connectivity index (χ4n) is 2.44. The van der Waals surface area contributed by atoms with Crippen LogP contribution < -0.4 is 10.1 Å². The van der Waals surface area contributed by atoms with Crippen LogP contribution in [-0.2, 0) is 11.2 Å². The zero-order chi connectivity index (χ0) is 14.7. The molecule has 1 atom stereocenters. The Morgan fingerprint density at radius 1 is 1.62 bits per heavy atom. The van der Waals surface area contributed by atoms with Crippen LogP contribution in [0.15, 0.2) is 12.3 Å². The molecule has 6 nitrogen and oxygen atoms in total. The number of ether oxygens (including phenoxy) is 1. The Labute approximate surface area is 126 Å². The molecule has 2 aromatic heterocycles. The van der Waals surface area contributed by atoms with Crippen LogP contribution in [-0.4, -0.2) is 28.2 Å². The lowest BCUT2D eigenvalue weighted by Gasteiger charge is -2.03. The van der Waals surface area contributed by atoms with E-state index in [2.05, 4.69) is 26.9 Å². The van der Waals surface area contributed by atoms with Gasteiger partial charge < -0.3 is 10.1 Å². The molecule has 1 aliphatic rings. The van der Waals surface area contributed by atoms with Crippen molar-refractivity contribution < 1.29 is 9.53 Å². The first-order chi connectivity index (χ1) is 10.2. The number of rotatable bonds is 5. The SMILES string of the molecule is COc1cnc(CC(=O)Nc2cc([C@H]3C[CH]CC3)[nH]n2)s1. The van der Waals surface area contributed by atoms with Crippen LogP contribution in [0.4, 0.5) is 5.82 Å². The summed E-state index contributed by atoms with van der Waals surface area (Å²) in [6, 6.07) is 1.92. The number of carbonyl (C=O) groups is 1. The number of anilines is 1. The van der Waals surface area contributed by atoms with E-state index in [1.807, 2.05) is 6.07 Å². The number of aromatic amines is 1. The fraction of sp³-hybridized carbons (Fsp3) is 0.429. The molecule has 1 saturated carbocycles. The molecule has 21 heavy (non-hydrogen) atoms. The summed E-state index contributed by atoms with van der Waals surface area (Å²) in [5, 5.41) is 11.4. The maximum atomic E-state index is 12.0. The summed E-state index contributed by atoms with van der Waals surface area (Å²) in [5.74, 6) is 0.958. The van der Waals surface area contributed by atoms with Gasteiger partial charge in [0.2, 0.25) is 5.91 Å². The largest absolute Gasteiger partial charge is 0.486 e. The lowest BCUT2D eigenvalue weighted by Crippen LogP contribution is -2.14. The third kappa shape index (κ3) is 3.41. The van der Waals surface area contributed by atoms with Gasteiger partial charge in [-0.05, 0) is 25.7 Å². The molecule has 2 aromatic rings. The number of carbonyl (C=O) groups excluding carboxylic acids is 1. The van der Waals surface area contributed by atoms with E-state index in [-0.39, 0.29) is 12.3 Å². The van der Waals surface area contributed by atoms with Crippen LogP contribution in [0.2, 0.25) is 0 Å². The molecule has 1 radical (unpaired) electrons. The number of H-pyrrole nitrogens is 1. The number of amides is 1. The van der Waals surface area contributed by atoms with Crippen molar-refractivity contribution in [1.29, 1.82) is 0 Å². The number of hydrogen-bond acceptors (Lipinski definition) is 5. The van der Waals surface area contributed by atoms with Gasteiger partial charge in [0.15, 0.2) is 10.9 Å². The minimum absolute atomic E-state index is 0.122. The Morgan fingerprint density at radius 2 is 2.52 bits per heavy atom. The van der Waals surface area contributed by atoms with Gasteiger partial charge in [-0.15, -0.1) is 0 Å². The number of methoxy groups -OCH3 is 1. The van der Waals surface area contributed by atoms with E-state index in [0.717, 1.165) is 30.0 Å². The first-order valence-corrected chi connectivity index (χ1v) is 7.72. The Hall–Kier alpha value is -1.89. The fourth-order valence-corrected chi connectivity index (χ4v) is 3.17. The van der Waals surface area contributed by atoms with Gasteiger partial charge in [-0.25, -0.2) is 4.98 Å². The quantitative estimate of drug-likeness (QED) is 0.889. The van der Waals surface area contributed by atoms with Crippen LogP contribution in [0.1, 0.15) is 35.9 Å². The second kappa shape index (κ2) is 6.26. The second-order valence-corrected chi connectivity index (χ2v) is 6.09. The summed E-state index contributed by atoms with van der Waals surface area (Å²) in [5.41, 5.74) is 1.09. The molecule has 0 spiro atoms. The van der Waals surface area contributed by atoms with Crippen molar-refractivity contribution in [3.8, 4) is 5.06 Å². The molecule has 2 heterocycles. The van der Waals surface area contributed by atoms with Crippen molar-refractivity contribution in [1.82, 2.24) is 15.2 Å². The summed E-state index contributed by atoms with van der Waals surface area (Å²) < 4.78 is 5.06. The van der Waals surface area contributed by atoms with Gasteiger partial charge in [0, 0.05) is 17.7 Å². The van der Waals surface area contributed by atoms with Gasteiger partial charge in [0.1, 0.15) is 5.01 Å². The number of nitrogens with one attached hydrogen (secondary N) is 2. The molecule has 1 amide bonds. The topological polar surface area (TPSA) is 79.9 Å². The van der Waals surface area contributed by atoms with Crippen LogP contribution in [0, 0.1) is 6.42 Å². The van der Waals surface area contributed by atoms with E-state index in [4.69, 9.17) is 4.74 Å². The molecule has 1 fully saturated rings. The molecule has 0 aromatic carbocycles. The number of nitrogens with zero attached hydrogens (tertiary/aromatic N) is 2. The van der Waals surface area contributed by atoms with E-state index >= 15 is 0 Å². The van der Waals surface area contributed by atoms with Crippen LogP contribution in [0.3, 0.4) is 0 Å². The highest BCUT2D eigenvalue weighted by Crippen LogP contribution is 2.33. The average Bonchev–Trinajstić information content (AvgIpc) is 3.19. The van der Waals surface area contributed by atoms with E-state index in [1.165, 1.54) is 11.3 Å². The molecule has 2 N–H and O–H groups in total. The number of hydrogen-bond donors (Lipinski definition) is 2. The second-order valence-electron chi connectivity index (χ2n) is 5.01. The predicted octanol–water partition coefficient (Wildman–Crippen LogP) is 2.53. The van der Waals surface area contributed by atoms with E-state index in [1.54, 1.807) is 13.3 Å². The minimum atomic E-state index is -0.122. The zero-order valence-electron chi connectivity index (χ0n) is 11.8. The van der Waals surface area contributed by atoms with Gasteiger partial charge in [-0.2, -0.15) is 5.10 Å². The summed E-state index contributed by atoms with van der Waals surface area (Å²) in [6.45, 7) is 0. The Bertz CT molecular complexity index is 616. The molecular weight excluding hydrogens is 288 g/mol. The average molecular weight is 305 g/mol. The van der Waals surface area contributed by atoms with Gasteiger partial charge >= 0.3 is 0 Å². The maximum absolute atomic E-state index is 12.0. The van der Waals surface area contributed by atoms with Crippen molar-refractivity contribution >= 4 is 23.1 Å². The van der Waals surface area contributed by atoms with Gasteiger partial charge in [-0.1, -0.05) is 11.3 Å². The smallest absolute Gasteiger partial charge is 0.232 e. The molecular formula is C14H17N4O2S. The summed E-state index contributed by atoms with van der Waals surface area (Å²) in [7, 11) is 1.59. The maximum Gasteiger partial charge on any atom is 0.232 e. The molecule has 0 saturated heterocycles. The van der Waals surface area contributed by atoms with E-state index in [0.29, 0.717) is 16.8 Å². The van der Waals surface area contributed by atoms with Crippen molar-refractivity contribution in [2.45, 2.75) is 31.6 Å². The van der Waals surface area contributed by atoms with E-state index < -0.39 is 0 Å². The third-order valence-corrected chi connectivity index (χ3v) is 4.48. The van der Waals surface area contributed by atoms with Crippen molar-refractivity contribution in [3.63, 3.8) is 0 Å². The van der Waals surface area contributed by atoms with Crippen molar-refractivity contribution in [2.24, 2.45) is 0 Å². The molecule has 0 unspecified atom stereocenters. The summed E-state index contributed by atoms with van der Waals surface area (Å²) >= 11 is 1.37. The molecule has 3 rings (SSSR count). The predicted molar refractivity (Wildman–Crippen MR) is 80.5 cm³/mol. The van der Waals surface area contributed by atoms with Gasteiger partial charge in [0.25, 0.3) is 0 Å². The summed E-state index contributed by atoms with van der Waals surface area (Å²) in [6.07, 6.45) is 7.52. The highest BCUT2D eigenvalue weighted by atomic mass is 32.1. The summed E-state index contributed by atoms with van der Waals surface area (Å²) in [4.78, 5) is 16.1. The van der Waals surface area contributed by atoms with Crippen molar-refractivity contribution in [2.75, 3.05) is 12.4 Å². The Morgan fingerprint density at radius 3 is 3.24 bits per heavy atom. The first kappa shape index (κ1) is 14.1. The van der Waals surface area contributed by atoms with Crippen LogP contribution >= 0.6 is 11.3 Å². The van der Waals surface area contributed by atoms with Crippen LogP contribution in [0.25, 0.3) is 0 Å². The zero-order valence-corrected chi connectivity index (χ0v) is 12.6. The van der Waals surface area contributed by atoms with Gasteiger partial charge in [0.05, 0.1) is 19.7 Å². The molecule has 0 bridgehead atoms. The lowest BCUT2D eigenvalue weighted by atomic mass is 10.0. The normalized spacial score (nSPS) is 15.3. The molecule has 1 aliphatic carbocycles. The Kier molecular flexibility index (Phi) is 4.19. The number of aromatic nitrogens is 3. The highest BCUT2D eigenvalue weighted by molar-refractivity contribution is 7.13. The molecule has 111 valence electrons. The van der Waals surface area contributed by atoms with Crippen LogP contribution in [0.5, 0.6) is 5.06 Å². The number of thiazole rings is 1. The van der Waals surface area contributed by atoms with Crippen molar-refractivity contribution in [3.05, 3.63) is 29.4 Å². The molecule has 0 aliphatic heterocycles. The lowest BCUT2D eigenvalue weighted by molar-refractivity contribution is -0.115. The minimum Gasteiger partial charge on any atom is -0.486 e. The first-order valence-electron chi connectivity index (χ1n) is 6.90. The van der Waals surface area contributed by atoms with Gasteiger partial charge in [-0.3, -0.25) is 9.89 Å². The third-order valence-electron chi connectivity index (χ3n) is 3.52. The Balaban J connectivity index is 1.57. The monoisotopic (exact) mass is 305 g/mol.